The molecule has 1 saturated heterocycles. The maximum Gasteiger partial charge on any atom is 0.279 e. The van der Waals surface area contributed by atoms with Crippen molar-refractivity contribution in [2.24, 2.45) is 5.92 Å². The SMILES string of the molecule is CC(C)CC(C)(O)CNS(=O)(=O)N1CCCCC1C. The second kappa shape index (κ2) is 6.52. The Morgan fingerprint density at radius 1 is 1.42 bits per heavy atom. The van der Waals surface area contributed by atoms with E-state index < -0.39 is 15.8 Å². The molecule has 0 aliphatic carbocycles. The summed E-state index contributed by atoms with van der Waals surface area (Å²) < 4.78 is 28.5. The third-order valence-electron chi connectivity index (χ3n) is 3.53. The number of piperidine rings is 1. The first-order valence-corrected chi connectivity index (χ1v) is 8.57. The third-order valence-corrected chi connectivity index (χ3v) is 5.20. The quantitative estimate of drug-likeness (QED) is 0.779. The molecule has 2 N–H and O–H groups in total. The molecule has 0 aromatic carbocycles. The van der Waals surface area contributed by atoms with Gasteiger partial charge in [0, 0.05) is 19.1 Å². The van der Waals surface area contributed by atoms with Crippen molar-refractivity contribution in [1.29, 1.82) is 0 Å². The van der Waals surface area contributed by atoms with Gasteiger partial charge in [0.25, 0.3) is 10.2 Å². The lowest BCUT2D eigenvalue weighted by atomic mass is 9.95. The molecule has 0 spiro atoms. The number of aliphatic hydroxyl groups is 1. The molecule has 0 radical (unpaired) electrons. The van der Waals surface area contributed by atoms with Crippen molar-refractivity contribution in [3.63, 3.8) is 0 Å². The summed E-state index contributed by atoms with van der Waals surface area (Å²) in [6, 6.07) is 0.0429. The smallest absolute Gasteiger partial charge is 0.279 e. The van der Waals surface area contributed by atoms with E-state index >= 15 is 0 Å². The van der Waals surface area contributed by atoms with Crippen LogP contribution in [0.15, 0.2) is 0 Å². The Morgan fingerprint density at radius 2 is 2.05 bits per heavy atom. The van der Waals surface area contributed by atoms with E-state index in [-0.39, 0.29) is 12.6 Å². The summed E-state index contributed by atoms with van der Waals surface area (Å²) in [5, 5.41) is 10.2. The Labute approximate surface area is 117 Å². The van der Waals surface area contributed by atoms with E-state index in [2.05, 4.69) is 4.72 Å². The summed E-state index contributed by atoms with van der Waals surface area (Å²) >= 11 is 0. The Balaban J connectivity index is 2.59. The van der Waals surface area contributed by atoms with Crippen molar-refractivity contribution >= 4 is 10.2 Å². The highest BCUT2D eigenvalue weighted by Gasteiger charge is 2.31. The molecule has 5 nitrogen and oxygen atoms in total. The molecular weight excluding hydrogens is 264 g/mol. The molecule has 19 heavy (non-hydrogen) atoms. The summed E-state index contributed by atoms with van der Waals surface area (Å²) in [6.07, 6.45) is 3.47. The third kappa shape index (κ3) is 5.38. The molecule has 0 amide bonds. The molecule has 1 aliphatic heterocycles. The minimum absolute atomic E-state index is 0.0429. The standard InChI is InChI=1S/C13H28N2O3S/c1-11(2)9-13(4,16)10-14-19(17,18)15-8-6-5-7-12(15)3/h11-12,14,16H,5-10H2,1-4H3. The van der Waals surface area contributed by atoms with Crippen molar-refractivity contribution in [3.05, 3.63) is 0 Å². The van der Waals surface area contributed by atoms with Crippen molar-refractivity contribution in [2.45, 2.75) is 65.0 Å². The molecular formula is C13H28N2O3S. The Kier molecular flexibility index (Phi) is 5.79. The van der Waals surface area contributed by atoms with Crippen LogP contribution in [0.4, 0.5) is 0 Å². The van der Waals surface area contributed by atoms with Crippen LogP contribution in [0.5, 0.6) is 0 Å². The van der Waals surface area contributed by atoms with Crippen LogP contribution >= 0.6 is 0 Å². The lowest BCUT2D eigenvalue weighted by Crippen LogP contribution is -2.51. The summed E-state index contributed by atoms with van der Waals surface area (Å²) in [5.74, 6) is 0.327. The fraction of sp³-hybridized carbons (Fsp3) is 1.00. The lowest BCUT2D eigenvalue weighted by molar-refractivity contribution is 0.0430. The molecule has 1 rings (SSSR count). The Bertz CT molecular complexity index is 379. The van der Waals surface area contributed by atoms with Gasteiger partial charge in [0.2, 0.25) is 0 Å². The van der Waals surface area contributed by atoms with E-state index in [9.17, 15) is 13.5 Å². The number of rotatable bonds is 6. The van der Waals surface area contributed by atoms with Gasteiger partial charge in [-0.1, -0.05) is 20.3 Å². The fourth-order valence-corrected chi connectivity index (χ4v) is 4.32. The summed E-state index contributed by atoms with van der Waals surface area (Å²) in [7, 11) is -3.48. The number of nitrogens with zero attached hydrogens (tertiary/aromatic N) is 1. The molecule has 0 saturated carbocycles. The lowest BCUT2D eigenvalue weighted by Gasteiger charge is -2.33. The zero-order chi connectivity index (χ0) is 14.7. The van der Waals surface area contributed by atoms with Gasteiger partial charge >= 0.3 is 0 Å². The average Bonchev–Trinajstić information content (AvgIpc) is 2.25. The molecule has 6 heteroatoms. The van der Waals surface area contributed by atoms with E-state index in [4.69, 9.17) is 0 Å². The summed E-state index contributed by atoms with van der Waals surface area (Å²) in [5.41, 5.74) is -1.000. The number of hydrogen-bond acceptors (Lipinski definition) is 3. The van der Waals surface area contributed by atoms with Crippen molar-refractivity contribution in [2.75, 3.05) is 13.1 Å². The molecule has 114 valence electrons. The molecule has 2 unspecified atom stereocenters. The average molecular weight is 292 g/mol. The fourth-order valence-electron chi connectivity index (χ4n) is 2.71. The largest absolute Gasteiger partial charge is 0.389 e. The maximum atomic E-state index is 12.2. The van der Waals surface area contributed by atoms with Gasteiger partial charge in [-0.15, -0.1) is 0 Å². The molecule has 0 bridgehead atoms. The molecule has 1 fully saturated rings. The second-order valence-electron chi connectivity index (χ2n) is 6.38. The Morgan fingerprint density at radius 3 is 2.58 bits per heavy atom. The zero-order valence-corrected chi connectivity index (χ0v) is 13.3. The first-order valence-electron chi connectivity index (χ1n) is 7.13. The van der Waals surface area contributed by atoms with Crippen molar-refractivity contribution in [3.8, 4) is 0 Å². The molecule has 0 aromatic heterocycles. The Hall–Kier alpha value is -0.170. The predicted octanol–water partition coefficient (Wildman–Crippen LogP) is 1.49. The van der Waals surface area contributed by atoms with Gasteiger partial charge in [0.05, 0.1) is 5.60 Å². The zero-order valence-electron chi connectivity index (χ0n) is 12.5. The van der Waals surface area contributed by atoms with Crippen LogP contribution in [-0.2, 0) is 10.2 Å². The van der Waals surface area contributed by atoms with Crippen LogP contribution < -0.4 is 4.72 Å². The summed E-state index contributed by atoms with van der Waals surface area (Å²) in [6.45, 7) is 8.27. The van der Waals surface area contributed by atoms with Gasteiger partial charge in [0.1, 0.15) is 0 Å². The highest BCUT2D eigenvalue weighted by molar-refractivity contribution is 7.87. The predicted molar refractivity (Wildman–Crippen MR) is 77.0 cm³/mol. The topological polar surface area (TPSA) is 69.6 Å². The van der Waals surface area contributed by atoms with Crippen molar-refractivity contribution in [1.82, 2.24) is 9.03 Å². The van der Waals surface area contributed by atoms with Crippen LogP contribution in [0.3, 0.4) is 0 Å². The first kappa shape index (κ1) is 16.9. The number of hydrogen-bond donors (Lipinski definition) is 2. The minimum atomic E-state index is -3.48. The van der Waals surface area contributed by atoms with E-state index in [1.807, 2.05) is 20.8 Å². The molecule has 2 atom stereocenters. The normalized spacial score (nSPS) is 25.5. The van der Waals surface area contributed by atoms with Gasteiger partial charge in [-0.05, 0) is 39.0 Å². The van der Waals surface area contributed by atoms with Crippen molar-refractivity contribution < 1.29 is 13.5 Å². The van der Waals surface area contributed by atoms with Gasteiger partial charge in [-0.2, -0.15) is 17.4 Å². The minimum Gasteiger partial charge on any atom is -0.389 e. The van der Waals surface area contributed by atoms with E-state index in [0.29, 0.717) is 18.9 Å². The second-order valence-corrected chi connectivity index (χ2v) is 8.08. The van der Waals surface area contributed by atoms with Gasteiger partial charge in [-0.25, -0.2) is 0 Å². The van der Waals surface area contributed by atoms with Gasteiger partial charge in [-0.3, -0.25) is 0 Å². The highest BCUT2D eigenvalue weighted by Crippen LogP contribution is 2.20. The highest BCUT2D eigenvalue weighted by atomic mass is 32.2. The van der Waals surface area contributed by atoms with E-state index in [0.717, 1.165) is 19.3 Å². The first-order chi connectivity index (χ1) is 8.64. The van der Waals surface area contributed by atoms with Crippen LogP contribution in [0.2, 0.25) is 0 Å². The molecule has 0 aromatic rings. The van der Waals surface area contributed by atoms with Gasteiger partial charge < -0.3 is 5.11 Å². The molecule has 1 aliphatic rings. The van der Waals surface area contributed by atoms with Crippen LogP contribution in [-0.4, -0.2) is 42.6 Å². The van der Waals surface area contributed by atoms with E-state index in [1.54, 1.807) is 6.92 Å². The van der Waals surface area contributed by atoms with Gasteiger partial charge in [0.15, 0.2) is 0 Å². The van der Waals surface area contributed by atoms with Crippen LogP contribution in [0.25, 0.3) is 0 Å². The molecule has 1 heterocycles. The monoisotopic (exact) mass is 292 g/mol. The van der Waals surface area contributed by atoms with Crippen LogP contribution in [0, 0.1) is 5.92 Å². The maximum absolute atomic E-state index is 12.2. The van der Waals surface area contributed by atoms with E-state index in [1.165, 1.54) is 4.31 Å². The van der Waals surface area contributed by atoms with Crippen LogP contribution in [0.1, 0.15) is 53.4 Å². The summed E-state index contributed by atoms with van der Waals surface area (Å²) in [4.78, 5) is 0. The number of nitrogens with one attached hydrogen (secondary N) is 1.